The molecule has 0 radical (unpaired) electrons. The topological polar surface area (TPSA) is 69.4 Å². The molecule has 1 rings (SSSR count). The monoisotopic (exact) mass is 229 g/mol. The zero-order valence-corrected chi connectivity index (χ0v) is 9.62. The van der Waals surface area contributed by atoms with Crippen LogP contribution in [0.1, 0.15) is 20.3 Å². The van der Waals surface area contributed by atoms with Gasteiger partial charge in [-0.15, -0.1) is 0 Å². The van der Waals surface area contributed by atoms with Crippen LogP contribution < -0.4 is 5.73 Å². The molecule has 0 aliphatic heterocycles. The van der Waals surface area contributed by atoms with Crippen molar-refractivity contribution in [2.45, 2.75) is 31.3 Å². The maximum Gasteiger partial charge on any atom is 0.297 e. The number of rotatable bonds is 4. The molecular weight excluding hydrogens is 214 g/mol. The Morgan fingerprint density at radius 3 is 2.67 bits per heavy atom. The summed E-state index contributed by atoms with van der Waals surface area (Å²) in [5.41, 5.74) is 5.90. The molecule has 2 N–H and O–H groups in total. The van der Waals surface area contributed by atoms with Gasteiger partial charge in [-0.1, -0.05) is 13.0 Å². The summed E-state index contributed by atoms with van der Waals surface area (Å²) in [7, 11) is -3.67. The third kappa shape index (κ3) is 3.21. The minimum Gasteiger partial charge on any atom is -0.399 e. The van der Waals surface area contributed by atoms with E-state index in [4.69, 9.17) is 9.92 Å². The van der Waals surface area contributed by atoms with E-state index in [0.717, 1.165) is 0 Å². The van der Waals surface area contributed by atoms with E-state index in [2.05, 4.69) is 0 Å². The van der Waals surface area contributed by atoms with E-state index in [1.807, 2.05) is 6.92 Å². The fourth-order valence-corrected chi connectivity index (χ4v) is 2.22. The van der Waals surface area contributed by atoms with Crippen molar-refractivity contribution in [2.75, 3.05) is 5.73 Å². The summed E-state index contributed by atoms with van der Waals surface area (Å²) in [5.74, 6) is 0. The van der Waals surface area contributed by atoms with Crippen LogP contribution in [-0.2, 0) is 14.3 Å². The Morgan fingerprint density at radius 2 is 2.13 bits per heavy atom. The van der Waals surface area contributed by atoms with E-state index in [-0.39, 0.29) is 11.0 Å². The maximum atomic E-state index is 11.7. The molecule has 0 bridgehead atoms. The Labute approximate surface area is 90.2 Å². The molecule has 0 amide bonds. The number of nitrogen functional groups attached to an aromatic ring is 1. The van der Waals surface area contributed by atoms with Gasteiger partial charge in [-0.25, -0.2) is 0 Å². The van der Waals surface area contributed by atoms with Crippen LogP contribution in [0.15, 0.2) is 29.2 Å². The van der Waals surface area contributed by atoms with E-state index in [0.29, 0.717) is 12.1 Å². The molecule has 0 aromatic heterocycles. The summed E-state index contributed by atoms with van der Waals surface area (Å²) in [5, 5.41) is 0. The van der Waals surface area contributed by atoms with E-state index < -0.39 is 10.1 Å². The molecule has 0 fully saturated rings. The van der Waals surface area contributed by atoms with Gasteiger partial charge in [0, 0.05) is 5.69 Å². The molecule has 0 aliphatic carbocycles. The second-order valence-electron chi connectivity index (χ2n) is 3.34. The summed E-state index contributed by atoms with van der Waals surface area (Å²) in [6.45, 7) is 3.57. The van der Waals surface area contributed by atoms with Gasteiger partial charge in [0.05, 0.1) is 11.0 Å². The van der Waals surface area contributed by atoms with Crippen molar-refractivity contribution in [1.29, 1.82) is 0 Å². The summed E-state index contributed by atoms with van der Waals surface area (Å²) in [6.07, 6.45) is 0.318. The van der Waals surface area contributed by atoms with Gasteiger partial charge < -0.3 is 5.73 Å². The van der Waals surface area contributed by atoms with Crippen LogP contribution in [0.3, 0.4) is 0 Å². The average molecular weight is 229 g/mol. The Balaban J connectivity index is 2.96. The molecule has 15 heavy (non-hydrogen) atoms. The molecule has 0 heterocycles. The normalized spacial score (nSPS) is 13.7. The Hall–Kier alpha value is -1.07. The number of benzene rings is 1. The minimum absolute atomic E-state index is 0.0998. The highest BCUT2D eigenvalue weighted by Crippen LogP contribution is 2.17. The Bertz CT molecular complexity index is 428. The van der Waals surface area contributed by atoms with E-state index in [9.17, 15) is 8.42 Å². The molecule has 1 atom stereocenters. The van der Waals surface area contributed by atoms with Crippen LogP contribution in [0.2, 0.25) is 0 Å². The van der Waals surface area contributed by atoms with Crippen molar-refractivity contribution in [3.8, 4) is 0 Å². The maximum absolute atomic E-state index is 11.7. The smallest absolute Gasteiger partial charge is 0.297 e. The molecular formula is C10H15NO3S. The van der Waals surface area contributed by atoms with Crippen LogP contribution in [0.5, 0.6) is 0 Å². The minimum atomic E-state index is -3.67. The van der Waals surface area contributed by atoms with Gasteiger partial charge in [0.2, 0.25) is 0 Å². The molecule has 0 unspecified atom stereocenters. The lowest BCUT2D eigenvalue weighted by atomic mass is 10.3. The van der Waals surface area contributed by atoms with E-state index in [1.165, 1.54) is 12.1 Å². The van der Waals surface area contributed by atoms with Gasteiger partial charge in [0.25, 0.3) is 10.1 Å². The zero-order chi connectivity index (χ0) is 11.5. The zero-order valence-electron chi connectivity index (χ0n) is 8.80. The molecule has 4 nitrogen and oxygen atoms in total. The summed E-state index contributed by atoms with van der Waals surface area (Å²) < 4.78 is 28.3. The SMILES string of the molecule is CC[C@@H](C)OS(=O)(=O)c1cccc(N)c1. The van der Waals surface area contributed by atoms with Crippen LogP contribution in [-0.4, -0.2) is 14.5 Å². The highest BCUT2D eigenvalue weighted by Gasteiger charge is 2.17. The molecule has 0 spiro atoms. The Morgan fingerprint density at radius 1 is 1.47 bits per heavy atom. The van der Waals surface area contributed by atoms with Gasteiger partial charge >= 0.3 is 0 Å². The quantitative estimate of drug-likeness (QED) is 0.631. The van der Waals surface area contributed by atoms with Crippen molar-refractivity contribution >= 4 is 15.8 Å². The van der Waals surface area contributed by atoms with Crippen LogP contribution in [0.25, 0.3) is 0 Å². The van der Waals surface area contributed by atoms with Crippen LogP contribution in [0, 0.1) is 0 Å². The lowest BCUT2D eigenvalue weighted by Gasteiger charge is -2.10. The average Bonchev–Trinajstić information content (AvgIpc) is 2.17. The van der Waals surface area contributed by atoms with Crippen molar-refractivity contribution < 1.29 is 12.6 Å². The first-order valence-corrected chi connectivity index (χ1v) is 6.15. The first-order chi connectivity index (χ1) is 6.95. The van der Waals surface area contributed by atoms with Gasteiger partial charge in [-0.2, -0.15) is 8.42 Å². The largest absolute Gasteiger partial charge is 0.399 e. The van der Waals surface area contributed by atoms with Crippen LogP contribution >= 0.6 is 0 Å². The molecule has 0 saturated heterocycles. The van der Waals surface area contributed by atoms with Gasteiger partial charge in [0.1, 0.15) is 0 Å². The highest BCUT2D eigenvalue weighted by molar-refractivity contribution is 7.86. The highest BCUT2D eigenvalue weighted by atomic mass is 32.2. The second-order valence-corrected chi connectivity index (χ2v) is 4.91. The summed E-state index contributed by atoms with van der Waals surface area (Å²) >= 11 is 0. The summed E-state index contributed by atoms with van der Waals surface area (Å²) in [6, 6.07) is 6.07. The lowest BCUT2D eigenvalue weighted by Crippen LogP contribution is -2.14. The lowest BCUT2D eigenvalue weighted by molar-refractivity contribution is 0.224. The molecule has 0 aliphatic rings. The fraction of sp³-hybridized carbons (Fsp3) is 0.400. The number of anilines is 1. The number of nitrogens with two attached hydrogens (primary N) is 1. The first kappa shape index (κ1) is 12.0. The number of hydrogen-bond acceptors (Lipinski definition) is 4. The molecule has 1 aromatic rings. The molecule has 5 heteroatoms. The third-order valence-electron chi connectivity index (χ3n) is 2.01. The van der Waals surface area contributed by atoms with Gasteiger partial charge in [-0.05, 0) is 31.5 Å². The van der Waals surface area contributed by atoms with E-state index >= 15 is 0 Å². The van der Waals surface area contributed by atoms with Crippen molar-refractivity contribution in [3.05, 3.63) is 24.3 Å². The predicted molar refractivity (Wildman–Crippen MR) is 58.9 cm³/mol. The molecule has 1 aromatic carbocycles. The van der Waals surface area contributed by atoms with Crippen LogP contribution in [0.4, 0.5) is 5.69 Å². The van der Waals surface area contributed by atoms with Crippen molar-refractivity contribution in [2.24, 2.45) is 0 Å². The number of hydrogen-bond donors (Lipinski definition) is 1. The Kier molecular flexibility index (Phi) is 3.71. The second kappa shape index (κ2) is 4.63. The third-order valence-corrected chi connectivity index (χ3v) is 3.43. The van der Waals surface area contributed by atoms with Gasteiger partial charge in [-0.3, -0.25) is 4.18 Å². The fourth-order valence-electron chi connectivity index (χ4n) is 1.01. The standard InChI is InChI=1S/C10H15NO3S/c1-3-8(2)14-15(12,13)10-6-4-5-9(11)7-10/h4-8H,3,11H2,1-2H3/t8-/m1/s1. The predicted octanol–water partition coefficient (Wildman–Crippen LogP) is 1.77. The van der Waals surface area contributed by atoms with Crippen molar-refractivity contribution in [1.82, 2.24) is 0 Å². The first-order valence-electron chi connectivity index (χ1n) is 4.74. The molecule has 0 saturated carbocycles. The summed E-state index contributed by atoms with van der Waals surface area (Å²) in [4.78, 5) is 0.0998. The molecule has 84 valence electrons. The van der Waals surface area contributed by atoms with Crippen molar-refractivity contribution in [3.63, 3.8) is 0 Å². The van der Waals surface area contributed by atoms with Gasteiger partial charge in [0.15, 0.2) is 0 Å². The van der Waals surface area contributed by atoms with E-state index in [1.54, 1.807) is 19.1 Å².